The molecule has 0 aliphatic heterocycles. The van der Waals surface area contributed by atoms with Gasteiger partial charge in [-0.1, -0.05) is 0 Å². The van der Waals surface area contributed by atoms with Crippen LogP contribution in [0.3, 0.4) is 0 Å². The Morgan fingerprint density at radius 2 is 0.600 bits per heavy atom. The van der Waals surface area contributed by atoms with Crippen molar-refractivity contribution in [3.8, 4) is 0 Å². The average Bonchev–Trinajstić information content (AvgIpc) is 1.86. The summed E-state index contributed by atoms with van der Waals surface area (Å²) >= 11 is -10.8. The molecule has 0 spiro atoms. The molecule has 81 valence electrons. The molecule has 0 amide bonds. The van der Waals surface area contributed by atoms with E-state index >= 15 is 0 Å². The quantitative estimate of drug-likeness (QED) is 0.361. The Morgan fingerprint density at radius 1 is 0.600 bits per heavy atom. The molecule has 0 bridgehead atoms. The molecule has 0 saturated carbocycles. The van der Waals surface area contributed by atoms with Crippen LogP contribution in [0.5, 0.6) is 0 Å². The van der Waals surface area contributed by atoms with E-state index in [9.17, 15) is 0 Å². The van der Waals surface area contributed by atoms with E-state index in [2.05, 4.69) is 0 Å². The SMILES string of the molecule is [Na+].[O]=[V+2].[O]=[V](=[O])[O-].[O]=[V](=[O])[O-].[O]=[V](=[O])[O-]. The number of hydrogen-bond donors (Lipinski definition) is 0. The van der Waals surface area contributed by atoms with Crippen LogP contribution in [0.2, 0.25) is 0 Å². The summed E-state index contributed by atoms with van der Waals surface area (Å²) in [7, 11) is 0. The van der Waals surface area contributed by atoms with Gasteiger partial charge in [0.05, 0.1) is 0 Å². The standard InChI is InChI=1S/Na.10O.4V/q+1;;;;;;;;3*-1;;;;+2. The second-order valence-electron chi connectivity index (χ2n) is 0.671. The molecule has 0 N–H and O–H groups in total. The second kappa shape index (κ2) is 29.7. The first-order valence-corrected chi connectivity index (χ1v) is 7.53. The molecular formula is NaO10V4. The van der Waals surface area contributed by atoms with Crippen molar-refractivity contribution in [1.29, 1.82) is 0 Å². The Labute approximate surface area is 129 Å². The molecule has 0 fully saturated rings. The van der Waals surface area contributed by atoms with Crippen LogP contribution in [0.4, 0.5) is 0 Å². The van der Waals surface area contributed by atoms with E-state index in [4.69, 9.17) is 37.8 Å². The average molecular weight is 387 g/mol. The van der Waals surface area contributed by atoms with E-state index in [0.717, 1.165) is 17.4 Å². The maximum absolute atomic E-state index is 8.56. The van der Waals surface area contributed by atoms with E-state index in [-0.39, 0.29) is 29.6 Å². The van der Waals surface area contributed by atoms with Gasteiger partial charge < -0.3 is 0 Å². The fourth-order valence-electron chi connectivity index (χ4n) is 0. The van der Waals surface area contributed by atoms with Crippen molar-refractivity contribution < 1.29 is 131 Å². The molecule has 0 heterocycles. The van der Waals surface area contributed by atoms with E-state index in [0.29, 0.717) is 0 Å². The molecule has 0 unspecified atom stereocenters. The fraction of sp³-hybridized carbons (Fsp3) is 0. The normalized spacial score (nSPS) is 5.40. The third kappa shape index (κ3) is 914. The number of rotatable bonds is 0. The van der Waals surface area contributed by atoms with E-state index in [1.54, 1.807) is 0 Å². The van der Waals surface area contributed by atoms with Gasteiger partial charge in [0.15, 0.2) is 0 Å². The minimum absolute atomic E-state index is 0. The molecule has 0 aliphatic carbocycles. The Balaban J connectivity index is -0.0000000298. The van der Waals surface area contributed by atoms with Gasteiger partial charge in [-0.2, -0.15) is 0 Å². The first-order valence-electron chi connectivity index (χ1n) is 1.83. The molecule has 15 heavy (non-hydrogen) atoms. The molecule has 0 aliphatic rings. The van der Waals surface area contributed by atoms with Gasteiger partial charge in [-0.05, 0) is 0 Å². The predicted octanol–water partition coefficient (Wildman–Crippen LogP) is -7.40. The zero-order valence-electron chi connectivity index (χ0n) is 6.87. The summed E-state index contributed by atoms with van der Waals surface area (Å²) in [6.07, 6.45) is 0. The van der Waals surface area contributed by atoms with Gasteiger partial charge in [-0.3, -0.25) is 0 Å². The molecule has 0 aromatic heterocycles. The maximum atomic E-state index is 8.56. The summed E-state index contributed by atoms with van der Waals surface area (Å²) in [6.45, 7) is 0. The first kappa shape index (κ1) is 30.1. The van der Waals surface area contributed by atoms with Crippen LogP contribution in [-0.2, 0) is 89.3 Å². The van der Waals surface area contributed by atoms with Gasteiger partial charge in [-0.15, -0.1) is 0 Å². The Morgan fingerprint density at radius 3 is 0.600 bits per heavy atom. The van der Waals surface area contributed by atoms with Crippen molar-refractivity contribution >= 4 is 0 Å². The number of hydrogen-bond acceptors (Lipinski definition) is 10. The molecule has 10 nitrogen and oxygen atoms in total. The topological polar surface area (TPSA) is 189 Å². The van der Waals surface area contributed by atoms with E-state index < -0.39 is 46.2 Å². The zero-order valence-corrected chi connectivity index (χ0v) is 14.5. The van der Waals surface area contributed by atoms with Crippen molar-refractivity contribution in [2.24, 2.45) is 0 Å². The molecule has 0 rings (SSSR count). The third-order valence-corrected chi connectivity index (χ3v) is 0. The zero-order chi connectivity index (χ0) is 12.7. The summed E-state index contributed by atoms with van der Waals surface area (Å²) < 4.78 is 85.2. The molecule has 0 aromatic rings. The summed E-state index contributed by atoms with van der Waals surface area (Å²) in [4.78, 5) is 0. The van der Waals surface area contributed by atoms with E-state index in [1.807, 2.05) is 0 Å². The second-order valence-corrected chi connectivity index (χ2v) is 2.77. The van der Waals surface area contributed by atoms with Crippen LogP contribution in [0, 0.1) is 0 Å². The van der Waals surface area contributed by atoms with Gasteiger partial charge in [0.2, 0.25) is 0 Å². The third-order valence-electron chi connectivity index (χ3n) is 0. The van der Waals surface area contributed by atoms with Crippen molar-refractivity contribution in [2.45, 2.75) is 0 Å². The van der Waals surface area contributed by atoms with Gasteiger partial charge in [0, 0.05) is 0 Å². The monoisotopic (exact) mass is 387 g/mol. The molecule has 0 aromatic carbocycles. The molecule has 0 saturated heterocycles. The Bertz CT molecular complexity index is 223. The summed E-state index contributed by atoms with van der Waals surface area (Å²) in [5.41, 5.74) is 0. The van der Waals surface area contributed by atoms with Gasteiger partial charge >= 0.3 is 131 Å². The van der Waals surface area contributed by atoms with Crippen molar-refractivity contribution in [3.05, 3.63) is 0 Å². The van der Waals surface area contributed by atoms with Crippen LogP contribution in [0.25, 0.3) is 0 Å². The van der Waals surface area contributed by atoms with Crippen LogP contribution in [0.15, 0.2) is 0 Å². The molecule has 0 radical (unpaired) electrons. The van der Waals surface area contributed by atoms with Crippen LogP contribution in [0.1, 0.15) is 0 Å². The van der Waals surface area contributed by atoms with Gasteiger partial charge in [-0.25, -0.2) is 0 Å². The van der Waals surface area contributed by atoms with Gasteiger partial charge in [0.1, 0.15) is 0 Å². The van der Waals surface area contributed by atoms with Crippen LogP contribution in [-0.4, -0.2) is 0 Å². The van der Waals surface area contributed by atoms with Crippen molar-refractivity contribution in [2.75, 3.05) is 0 Å². The summed E-state index contributed by atoms with van der Waals surface area (Å²) in [6, 6.07) is 0. The molecular weight excluding hydrogens is 387 g/mol. The minimum atomic E-state index is -3.94. The van der Waals surface area contributed by atoms with Crippen LogP contribution < -0.4 is 41.7 Å². The van der Waals surface area contributed by atoms with E-state index in [1.165, 1.54) is 0 Å². The summed E-state index contributed by atoms with van der Waals surface area (Å²) in [5, 5.41) is 0. The molecule has 0 atom stereocenters. The summed E-state index contributed by atoms with van der Waals surface area (Å²) in [5.74, 6) is 0. The molecule has 15 heteroatoms. The Hall–Kier alpha value is 1.82. The van der Waals surface area contributed by atoms with Crippen LogP contribution >= 0.6 is 0 Å². The van der Waals surface area contributed by atoms with Gasteiger partial charge in [0.25, 0.3) is 0 Å². The Kier molecular flexibility index (Phi) is 59.6. The van der Waals surface area contributed by atoms with Crippen molar-refractivity contribution in [1.82, 2.24) is 0 Å². The predicted molar refractivity (Wildman–Crippen MR) is 4.81 cm³/mol. The first-order chi connectivity index (χ1) is 6.20. The fourth-order valence-corrected chi connectivity index (χ4v) is 0. The van der Waals surface area contributed by atoms with Crippen molar-refractivity contribution in [3.63, 3.8) is 0 Å².